The van der Waals surface area contributed by atoms with Crippen LogP contribution in [0.1, 0.15) is 29.9 Å². The number of carbonyl (C=O) groups excluding carboxylic acids is 2. The van der Waals surface area contributed by atoms with Crippen molar-refractivity contribution in [3.05, 3.63) is 59.7 Å². The third-order valence-corrected chi connectivity index (χ3v) is 7.16. The highest BCUT2D eigenvalue weighted by molar-refractivity contribution is 5.83. The predicted molar refractivity (Wildman–Crippen MR) is 123 cm³/mol. The molecular weight excluding hydrogens is 436 g/mol. The van der Waals surface area contributed by atoms with Gasteiger partial charge in [-0.05, 0) is 35.1 Å². The molecular formula is C26H28N2O6. The summed E-state index contributed by atoms with van der Waals surface area (Å²) in [6.07, 6.45) is -0.0827. The molecule has 178 valence electrons. The van der Waals surface area contributed by atoms with Crippen molar-refractivity contribution in [1.29, 1.82) is 0 Å². The summed E-state index contributed by atoms with van der Waals surface area (Å²) in [4.78, 5) is 38.1. The lowest BCUT2D eigenvalue weighted by molar-refractivity contribution is -0.143. The number of nitrogens with zero attached hydrogens (tertiary/aromatic N) is 1. The van der Waals surface area contributed by atoms with Gasteiger partial charge in [0, 0.05) is 38.1 Å². The first-order valence-corrected chi connectivity index (χ1v) is 11.7. The fourth-order valence-electron chi connectivity index (χ4n) is 5.32. The average Bonchev–Trinajstić information content (AvgIpc) is 3.59. The summed E-state index contributed by atoms with van der Waals surface area (Å²) >= 11 is 0. The number of nitrogens with one attached hydrogen (secondary N) is 1. The van der Waals surface area contributed by atoms with Crippen LogP contribution in [0.4, 0.5) is 4.79 Å². The third-order valence-electron chi connectivity index (χ3n) is 7.16. The number of benzene rings is 2. The quantitative estimate of drug-likeness (QED) is 0.681. The molecule has 0 saturated carbocycles. The molecule has 8 heteroatoms. The number of hydrogen-bond acceptors (Lipinski definition) is 5. The number of rotatable bonds is 6. The number of ether oxygens (including phenoxy) is 2. The lowest BCUT2D eigenvalue weighted by atomic mass is 9.98. The van der Waals surface area contributed by atoms with E-state index in [-0.39, 0.29) is 37.4 Å². The summed E-state index contributed by atoms with van der Waals surface area (Å²) in [6, 6.07) is 16.3. The molecule has 2 N–H and O–H groups in total. The highest BCUT2D eigenvalue weighted by atomic mass is 16.5. The van der Waals surface area contributed by atoms with Gasteiger partial charge in [-0.25, -0.2) is 4.79 Å². The third kappa shape index (κ3) is 4.25. The second kappa shape index (κ2) is 9.46. The van der Waals surface area contributed by atoms with Crippen LogP contribution in [0.15, 0.2) is 48.5 Å². The summed E-state index contributed by atoms with van der Waals surface area (Å²) in [5, 5.41) is 12.0. The van der Waals surface area contributed by atoms with Crippen LogP contribution in [0.5, 0.6) is 0 Å². The van der Waals surface area contributed by atoms with Gasteiger partial charge in [-0.2, -0.15) is 0 Å². The van der Waals surface area contributed by atoms with Crippen LogP contribution in [-0.4, -0.2) is 66.9 Å². The molecule has 0 aromatic heterocycles. The fraction of sp³-hybridized carbons (Fsp3) is 0.423. The first-order valence-electron chi connectivity index (χ1n) is 11.7. The number of aliphatic carboxylic acids is 1. The van der Waals surface area contributed by atoms with Gasteiger partial charge in [0.15, 0.2) is 0 Å². The minimum Gasteiger partial charge on any atom is -0.481 e. The van der Waals surface area contributed by atoms with Gasteiger partial charge in [-0.15, -0.1) is 0 Å². The van der Waals surface area contributed by atoms with E-state index in [0.717, 1.165) is 11.1 Å². The maximum Gasteiger partial charge on any atom is 0.407 e. The molecule has 1 aliphatic carbocycles. The Hall–Kier alpha value is -3.39. The minimum atomic E-state index is -0.879. The van der Waals surface area contributed by atoms with E-state index in [1.807, 2.05) is 24.3 Å². The summed E-state index contributed by atoms with van der Waals surface area (Å²) in [6.45, 7) is 1.56. The predicted octanol–water partition coefficient (Wildman–Crippen LogP) is 2.86. The molecule has 2 aromatic rings. The zero-order chi connectivity index (χ0) is 23.7. The average molecular weight is 465 g/mol. The molecule has 0 radical (unpaired) electrons. The van der Waals surface area contributed by atoms with Crippen LogP contribution in [-0.2, 0) is 19.1 Å². The van der Waals surface area contributed by atoms with Crippen LogP contribution < -0.4 is 5.32 Å². The normalized spacial score (nSPS) is 23.4. The first-order chi connectivity index (χ1) is 16.5. The van der Waals surface area contributed by atoms with E-state index in [1.165, 1.54) is 11.1 Å². The molecule has 3 atom stereocenters. The number of amides is 2. The van der Waals surface area contributed by atoms with Crippen LogP contribution in [0.2, 0.25) is 0 Å². The molecule has 2 heterocycles. The Balaban J connectivity index is 1.15. The van der Waals surface area contributed by atoms with E-state index in [1.54, 1.807) is 4.90 Å². The Kier molecular flexibility index (Phi) is 6.24. The van der Waals surface area contributed by atoms with Gasteiger partial charge in [0.1, 0.15) is 12.7 Å². The summed E-state index contributed by atoms with van der Waals surface area (Å²) < 4.78 is 11.2. The smallest absolute Gasteiger partial charge is 0.407 e. The standard InChI is InChI=1S/C26H28N2O6/c29-24(28-11-9-17(14-28)25(30)31)23-16(10-12-33-23)13-27-26(32)34-15-22-20-7-3-1-5-18(20)19-6-2-4-8-21(19)22/h1-8,16-17,22-23H,9-15H2,(H,27,32)(H,30,31)/t16-,17?,23-/m1/s1. The molecule has 34 heavy (non-hydrogen) atoms. The highest BCUT2D eigenvalue weighted by Crippen LogP contribution is 2.44. The van der Waals surface area contributed by atoms with Gasteiger partial charge >= 0.3 is 12.1 Å². The van der Waals surface area contributed by atoms with Crippen molar-refractivity contribution in [3.63, 3.8) is 0 Å². The number of fused-ring (bicyclic) bond motifs is 3. The van der Waals surface area contributed by atoms with Gasteiger partial charge in [0.2, 0.25) is 0 Å². The Labute approximate surface area is 197 Å². The maximum absolute atomic E-state index is 12.9. The molecule has 0 spiro atoms. The Bertz CT molecular complexity index is 1060. The molecule has 3 aliphatic rings. The molecule has 2 amide bonds. The largest absolute Gasteiger partial charge is 0.481 e. The summed E-state index contributed by atoms with van der Waals surface area (Å²) in [5.74, 6) is -1.78. The molecule has 2 aromatic carbocycles. The molecule has 5 rings (SSSR count). The van der Waals surface area contributed by atoms with Gasteiger partial charge < -0.3 is 24.8 Å². The van der Waals surface area contributed by atoms with E-state index in [2.05, 4.69) is 29.6 Å². The van der Waals surface area contributed by atoms with E-state index in [0.29, 0.717) is 26.0 Å². The molecule has 2 saturated heterocycles. The van der Waals surface area contributed by atoms with Gasteiger partial charge in [-0.1, -0.05) is 48.5 Å². The molecule has 2 aliphatic heterocycles. The number of carboxylic acid groups (broad SMARTS) is 1. The number of hydrogen-bond donors (Lipinski definition) is 2. The van der Waals surface area contributed by atoms with Crippen molar-refractivity contribution in [2.45, 2.75) is 24.9 Å². The second-order valence-electron chi connectivity index (χ2n) is 9.15. The minimum absolute atomic E-state index is 0.0142. The number of alkyl carbamates (subject to hydrolysis) is 1. The van der Waals surface area contributed by atoms with Crippen LogP contribution in [0.3, 0.4) is 0 Å². The van der Waals surface area contributed by atoms with E-state index >= 15 is 0 Å². The fourth-order valence-corrected chi connectivity index (χ4v) is 5.32. The lowest BCUT2D eigenvalue weighted by Gasteiger charge is -2.24. The highest BCUT2D eigenvalue weighted by Gasteiger charge is 2.40. The van der Waals surface area contributed by atoms with Gasteiger partial charge in [0.05, 0.1) is 5.92 Å². The number of carbonyl (C=O) groups is 3. The second-order valence-corrected chi connectivity index (χ2v) is 9.15. The van der Waals surface area contributed by atoms with Crippen molar-refractivity contribution in [2.75, 3.05) is 32.8 Å². The van der Waals surface area contributed by atoms with Crippen LogP contribution in [0, 0.1) is 11.8 Å². The zero-order valence-corrected chi connectivity index (χ0v) is 18.8. The molecule has 8 nitrogen and oxygen atoms in total. The van der Waals surface area contributed by atoms with Crippen LogP contribution >= 0.6 is 0 Å². The first kappa shape index (κ1) is 22.4. The van der Waals surface area contributed by atoms with Crippen LogP contribution in [0.25, 0.3) is 11.1 Å². The van der Waals surface area contributed by atoms with Crippen molar-refractivity contribution < 1.29 is 29.0 Å². The monoisotopic (exact) mass is 464 g/mol. The Morgan fingerprint density at radius 3 is 2.35 bits per heavy atom. The zero-order valence-electron chi connectivity index (χ0n) is 18.8. The topological polar surface area (TPSA) is 105 Å². The van der Waals surface area contributed by atoms with Crippen molar-refractivity contribution >= 4 is 18.0 Å². The molecule has 0 bridgehead atoms. The SMILES string of the molecule is O=C(NC[C@H]1CCO[C@H]1C(=O)N1CCC(C(=O)O)C1)OCC1c2ccccc2-c2ccccc21. The van der Waals surface area contributed by atoms with Gasteiger partial charge in [-0.3, -0.25) is 9.59 Å². The van der Waals surface area contributed by atoms with E-state index in [4.69, 9.17) is 9.47 Å². The summed E-state index contributed by atoms with van der Waals surface area (Å²) in [5.41, 5.74) is 4.64. The lowest BCUT2D eigenvalue weighted by Crippen LogP contribution is -2.44. The van der Waals surface area contributed by atoms with Crippen molar-refractivity contribution in [2.24, 2.45) is 11.8 Å². The Morgan fingerprint density at radius 2 is 1.71 bits per heavy atom. The van der Waals surface area contributed by atoms with Gasteiger partial charge in [0.25, 0.3) is 5.91 Å². The maximum atomic E-state index is 12.9. The Morgan fingerprint density at radius 1 is 1.03 bits per heavy atom. The van der Waals surface area contributed by atoms with E-state index < -0.39 is 24.1 Å². The summed E-state index contributed by atoms with van der Waals surface area (Å²) in [7, 11) is 0. The van der Waals surface area contributed by atoms with E-state index in [9.17, 15) is 19.5 Å². The number of carboxylic acids is 1. The van der Waals surface area contributed by atoms with Crippen molar-refractivity contribution in [1.82, 2.24) is 10.2 Å². The number of likely N-dealkylation sites (tertiary alicyclic amines) is 1. The van der Waals surface area contributed by atoms with Crippen molar-refractivity contribution in [3.8, 4) is 11.1 Å². The molecule has 2 fully saturated rings. The molecule has 1 unspecified atom stereocenters.